The molecule has 3 rings (SSSR count). The Labute approximate surface area is 188 Å². The van der Waals surface area contributed by atoms with Gasteiger partial charge in [-0.15, -0.1) is 10.2 Å². The zero-order valence-corrected chi connectivity index (χ0v) is 18.7. The van der Waals surface area contributed by atoms with E-state index in [1.165, 1.54) is 0 Å². The summed E-state index contributed by atoms with van der Waals surface area (Å²) in [5.41, 5.74) is -0.107. The Kier molecular flexibility index (Phi) is 7.10. The van der Waals surface area contributed by atoms with Crippen LogP contribution >= 0.6 is 39.3 Å². The number of rotatable bonds is 6. The summed E-state index contributed by atoms with van der Waals surface area (Å²) in [5, 5.41) is 11.3. The molecule has 1 heterocycles. The number of anilines is 1. The first kappa shape index (κ1) is 22.6. The number of hydrogen-bond acceptors (Lipinski definition) is 4. The van der Waals surface area contributed by atoms with Crippen molar-refractivity contribution in [1.82, 2.24) is 14.8 Å². The van der Waals surface area contributed by atoms with Crippen LogP contribution in [0.25, 0.3) is 11.4 Å². The van der Waals surface area contributed by atoms with E-state index in [1.54, 1.807) is 0 Å². The Hall–Kier alpha value is -2.04. The average molecular weight is 520 g/mol. The maximum absolute atomic E-state index is 12.9. The predicted octanol–water partition coefficient (Wildman–Crippen LogP) is 6.13. The molecule has 158 valence electrons. The van der Waals surface area contributed by atoms with Gasteiger partial charge >= 0.3 is 6.18 Å². The molecule has 3 aromatic rings. The largest absolute Gasteiger partial charge is 0.416 e. The fourth-order valence-corrected chi connectivity index (χ4v) is 3.84. The first-order valence-electron chi connectivity index (χ1n) is 8.67. The van der Waals surface area contributed by atoms with Crippen LogP contribution in [0.4, 0.5) is 18.9 Å². The van der Waals surface area contributed by atoms with E-state index in [0.717, 1.165) is 40.0 Å². The van der Waals surface area contributed by atoms with E-state index < -0.39 is 17.6 Å². The second-order valence-electron chi connectivity index (χ2n) is 6.09. The van der Waals surface area contributed by atoms with Gasteiger partial charge in [-0.25, -0.2) is 0 Å². The van der Waals surface area contributed by atoms with Crippen LogP contribution < -0.4 is 5.32 Å². The summed E-state index contributed by atoms with van der Waals surface area (Å²) in [6, 6.07) is 10.4. The molecule has 0 spiro atoms. The Bertz CT molecular complexity index is 1060. The number of aromatic nitrogens is 3. The summed E-state index contributed by atoms with van der Waals surface area (Å²) in [4.78, 5) is 12.3. The minimum Gasteiger partial charge on any atom is -0.324 e. The minimum absolute atomic E-state index is 0.0237. The molecule has 5 nitrogen and oxygen atoms in total. The summed E-state index contributed by atoms with van der Waals surface area (Å²) >= 11 is 10.4. The number of amides is 1. The number of thioether (sulfide) groups is 1. The monoisotopic (exact) mass is 518 g/mol. The molecule has 0 bridgehead atoms. The number of alkyl halides is 3. The van der Waals surface area contributed by atoms with Gasteiger partial charge < -0.3 is 9.88 Å². The van der Waals surface area contributed by atoms with Gasteiger partial charge in [-0.2, -0.15) is 13.2 Å². The fourth-order valence-electron chi connectivity index (χ4n) is 2.61. The molecule has 2 aromatic carbocycles. The number of nitrogens with one attached hydrogen (secondary N) is 1. The first-order chi connectivity index (χ1) is 14.2. The van der Waals surface area contributed by atoms with Gasteiger partial charge in [0, 0.05) is 16.6 Å². The molecule has 0 atom stereocenters. The van der Waals surface area contributed by atoms with Gasteiger partial charge in [-0.1, -0.05) is 51.4 Å². The highest BCUT2D eigenvalue weighted by Gasteiger charge is 2.31. The highest BCUT2D eigenvalue weighted by Crippen LogP contribution is 2.34. The molecule has 0 aliphatic carbocycles. The van der Waals surface area contributed by atoms with Crippen molar-refractivity contribution in [2.24, 2.45) is 0 Å². The molecule has 30 heavy (non-hydrogen) atoms. The third-order valence-corrected chi connectivity index (χ3v) is 5.86. The van der Waals surface area contributed by atoms with Crippen molar-refractivity contribution < 1.29 is 18.0 Å². The molecule has 0 radical (unpaired) electrons. The van der Waals surface area contributed by atoms with Crippen molar-refractivity contribution in [3.63, 3.8) is 0 Å². The van der Waals surface area contributed by atoms with E-state index in [1.807, 2.05) is 35.8 Å². The normalized spacial score (nSPS) is 11.5. The number of hydrogen-bond donors (Lipinski definition) is 1. The van der Waals surface area contributed by atoms with Gasteiger partial charge in [0.05, 0.1) is 22.0 Å². The van der Waals surface area contributed by atoms with Gasteiger partial charge in [0.15, 0.2) is 11.0 Å². The number of nitrogens with zero attached hydrogens (tertiary/aromatic N) is 3. The van der Waals surface area contributed by atoms with Gasteiger partial charge in [-0.05, 0) is 37.3 Å². The summed E-state index contributed by atoms with van der Waals surface area (Å²) in [5.74, 6) is 0.0938. The van der Waals surface area contributed by atoms with Gasteiger partial charge in [0.1, 0.15) is 0 Å². The summed E-state index contributed by atoms with van der Waals surface area (Å²) < 4.78 is 41.4. The zero-order valence-electron chi connectivity index (χ0n) is 15.5. The van der Waals surface area contributed by atoms with Crippen LogP contribution in [0.1, 0.15) is 12.5 Å². The smallest absolute Gasteiger partial charge is 0.324 e. The van der Waals surface area contributed by atoms with E-state index in [0.29, 0.717) is 17.5 Å². The number of benzene rings is 2. The molecule has 1 amide bonds. The van der Waals surface area contributed by atoms with Crippen molar-refractivity contribution in [3.05, 3.63) is 57.5 Å². The lowest BCUT2D eigenvalue weighted by molar-refractivity contribution is -0.137. The molecule has 0 saturated heterocycles. The Morgan fingerprint density at radius 3 is 2.53 bits per heavy atom. The molecule has 11 heteroatoms. The maximum atomic E-state index is 12.9. The second-order valence-corrected chi connectivity index (χ2v) is 8.35. The van der Waals surface area contributed by atoms with Crippen LogP contribution in [-0.4, -0.2) is 26.4 Å². The van der Waals surface area contributed by atoms with E-state index in [2.05, 4.69) is 31.4 Å². The van der Waals surface area contributed by atoms with Crippen LogP contribution in [0.15, 0.2) is 52.1 Å². The highest BCUT2D eigenvalue weighted by molar-refractivity contribution is 9.10. The molecule has 0 fully saturated rings. The molecule has 0 saturated carbocycles. The summed E-state index contributed by atoms with van der Waals surface area (Å²) in [6.45, 7) is 2.51. The van der Waals surface area contributed by atoms with Crippen LogP contribution in [0.2, 0.25) is 5.02 Å². The predicted molar refractivity (Wildman–Crippen MR) is 115 cm³/mol. The van der Waals surface area contributed by atoms with Gasteiger partial charge in [-0.3, -0.25) is 4.79 Å². The van der Waals surface area contributed by atoms with Crippen molar-refractivity contribution in [2.75, 3.05) is 11.1 Å². The van der Waals surface area contributed by atoms with Crippen molar-refractivity contribution in [3.8, 4) is 11.4 Å². The SMILES string of the molecule is CCn1c(SCC(=O)Nc2cc(C(F)(F)F)ccc2Cl)nnc1-c1ccc(Br)cc1. The lowest BCUT2D eigenvalue weighted by atomic mass is 10.2. The lowest BCUT2D eigenvalue weighted by Crippen LogP contribution is -2.16. The van der Waals surface area contributed by atoms with E-state index in [-0.39, 0.29) is 16.5 Å². The minimum atomic E-state index is -4.53. The van der Waals surface area contributed by atoms with Gasteiger partial charge in [0.2, 0.25) is 5.91 Å². The maximum Gasteiger partial charge on any atom is 0.416 e. The van der Waals surface area contributed by atoms with Gasteiger partial charge in [0.25, 0.3) is 0 Å². The van der Waals surface area contributed by atoms with E-state index in [4.69, 9.17) is 11.6 Å². The molecule has 0 aliphatic rings. The second kappa shape index (κ2) is 9.40. The standard InChI is InChI=1S/C19H15BrClF3N4OS/c1-2-28-17(11-3-6-13(20)7-4-11)26-27-18(28)30-10-16(29)25-15-9-12(19(22,23)24)5-8-14(15)21/h3-9H,2,10H2,1H3,(H,25,29). The number of halogens is 5. The Morgan fingerprint density at radius 1 is 1.20 bits per heavy atom. The van der Waals surface area contributed by atoms with E-state index in [9.17, 15) is 18.0 Å². The lowest BCUT2D eigenvalue weighted by Gasteiger charge is -2.12. The molecular weight excluding hydrogens is 505 g/mol. The Balaban J connectivity index is 1.70. The van der Waals surface area contributed by atoms with Crippen LogP contribution in [0, 0.1) is 0 Å². The third kappa shape index (κ3) is 5.35. The third-order valence-electron chi connectivity index (χ3n) is 4.04. The molecule has 0 unspecified atom stereocenters. The number of carbonyl (C=O) groups excluding carboxylic acids is 1. The van der Waals surface area contributed by atoms with Crippen LogP contribution in [-0.2, 0) is 17.5 Å². The quantitative estimate of drug-likeness (QED) is 0.398. The van der Waals surface area contributed by atoms with Crippen LogP contribution in [0.5, 0.6) is 0 Å². The number of carbonyl (C=O) groups is 1. The average Bonchev–Trinajstić information content (AvgIpc) is 3.10. The van der Waals surface area contributed by atoms with Crippen molar-refractivity contribution in [1.29, 1.82) is 0 Å². The van der Waals surface area contributed by atoms with E-state index >= 15 is 0 Å². The van der Waals surface area contributed by atoms with Crippen molar-refractivity contribution >= 4 is 50.9 Å². The molecule has 1 N–H and O–H groups in total. The highest BCUT2D eigenvalue weighted by atomic mass is 79.9. The topological polar surface area (TPSA) is 59.8 Å². The van der Waals surface area contributed by atoms with Crippen LogP contribution in [0.3, 0.4) is 0 Å². The fraction of sp³-hybridized carbons (Fsp3) is 0.211. The summed E-state index contributed by atoms with van der Waals surface area (Å²) in [6.07, 6.45) is -4.53. The zero-order chi connectivity index (χ0) is 21.9. The first-order valence-corrected chi connectivity index (χ1v) is 10.8. The molecule has 0 aliphatic heterocycles. The molecule has 1 aromatic heterocycles. The summed E-state index contributed by atoms with van der Waals surface area (Å²) in [7, 11) is 0. The Morgan fingerprint density at radius 2 is 1.90 bits per heavy atom. The van der Waals surface area contributed by atoms with Crippen molar-refractivity contribution in [2.45, 2.75) is 24.8 Å². The molecular formula is C19H15BrClF3N4OS.